The zero-order chi connectivity index (χ0) is 14.1. The molecular formula is C13H17F2NO3. The number of alkyl halides is 2. The van der Waals surface area contributed by atoms with Crippen molar-refractivity contribution < 1.29 is 23.0 Å². The van der Waals surface area contributed by atoms with Gasteiger partial charge in [0.2, 0.25) is 5.91 Å². The van der Waals surface area contributed by atoms with Crippen LogP contribution in [0.2, 0.25) is 0 Å². The molecule has 2 N–H and O–H groups in total. The molecular weight excluding hydrogens is 256 g/mol. The van der Waals surface area contributed by atoms with Gasteiger partial charge in [0.05, 0.1) is 26.6 Å². The Bertz CT molecular complexity index is 413. The monoisotopic (exact) mass is 273 g/mol. The van der Waals surface area contributed by atoms with Crippen LogP contribution in [0.1, 0.15) is 23.2 Å². The van der Waals surface area contributed by atoms with E-state index in [0.29, 0.717) is 11.5 Å². The molecule has 19 heavy (non-hydrogen) atoms. The summed E-state index contributed by atoms with van der Waals surface area (Å²) in [5.74, 6) is 0.103. The van der Waals surface area contributed by atoms with Crippen LogP contribution in [-0.2, 0) is 0 Å². The predicted octanol–water partition coefficient (Wildman–Crippen LogP) is 2.26. The highest BCUT2D eigenvalue weighted by molar-refractivity contribution is 5.93. The Morgan fingerprint density at radius 3 is 2.16 bits per heavy atom. The summed E-state index contributed by atoms with van der Waals surface area (Å²) in [5, 5.41) is 0. The molecule has 0 radical (unpaired) electrons. The van der Waals surface area contributed by atoms with Gasteiger partial charge in [0, 0.05) is 18.4 Å². The first kappa shape index (κ1) is 15.2. The molecule has 6 heteroatoms. The number of hydrogen-bond donors (Lipinski definition) is 1. The molecule has 0 saturated heterocycles. The summed E-state index contributed by atoms with van der Waals surface area (Å²) >= 11 is 0. The molecule has 0 aliphatic heterocycles. The molecule has 4 nitrogen and oxygen atoms in total. The van der Waals surface area contributed by atoms with Crippen LogP contribution in [0, 0.1) is 0 Å². The van der Waals surface area contributed by atoms with E-state index < -0.39 is 19.3 Å². The highest BCUT2D eigenvalue weighted by atomic mass is 19.1. The van der Waals surface area contributed by atoms with Gasteiger partial charge in [-0.3, -0.25) is 13.6 Å². The molecule has 1 aromatic rings. The second-order valence-corrected chi connectivity index (χ2v) is 3.81. The summed E-state index contributed by atoms with van der Waals surface area (Å²) < 4.78 is 34.7. The molecule has 0 unspecified atom stereocenters. The van der Waals surface area contributed by atoms with Crippen molar-refractivity contribution in [2.24, 2.45) is 5.73 Å². The number of amides is 1. The van der Waals surface area contributed by atoms with Gasteiger partial charge in [-0.25, -0.2) is 0 Å². The van der Waals surface area contributed by atoms with E-state index in [-0.39, 0.29) is 31.6 Å². The van der Waals surface area contributed by atoms with E-state index in [1.54, 1.807) is 0 Å². The van der Waals surface area contributed by atoms with Gasteiger partial charge in [-0.05, 0) is 18.2 Å². The van der Waals surface area contributed by atoms with Crippen molar-refractivity contribution in [3.8, 4) is 11.5 Å². The number of nitrogens with two attached hydrogens (primary N) is 1. The van der Waals surface area contributed by atoms with Gasteiger partial charge in [-0.15, -0.1) is 0 Å². The number of ether oxygens (including phenoxy) is 2. The molecule has 0 aromatic heterocycles. The van der Waals surface area contributed by atoms with Gasteiger partial charge in [-0.1, -0.05) is 0 Å². The van der Waals surface area contributed by atoms with Crippen LogP contribution in [-0.4, -0.2) is 32.5 Å². The second kappa shape index (κ2) is 8.29. The summed E-state index contributed by atoms with van der Waals surface area (Å²) in [4.78, 5) is 11.1. The normalized spacial score (nSPS) is 10.2. The lowest BCUT2D eigenvalue weighted by Crippen LogP contribution is -2.12. The van der Waals surface area contributed by atoms with E-state index in [2.05, 4.69) is 0 Å². The van der Waals surface area contributed by atoms with Gasteiger partial charge in [0.15, 0.2) is 11.5 Å². The number of benzene rings is 1. The van der Waals surface area contributed by atoms with Crippen molar-refractivity contribution in [2.75, 3.05) is 26.6 Å². The average molecular weight is 273 g/mol. The highest BCUT2D eigenvalue weighted by Crippen LogP contribution is 2.28. The van der Waals surface area contributed by atoms with Gasteiger partial charge in [-0.2, -0.15) is 0 Å². The fraction of sp³-hybridized carbons (Fsp3) is 0.462. The van der Waals surface area contributed by atoms with E-state index in [0.717, 1.165) is 0 Å². The van der Waals surface area contributed by atoms with E-state index in [4.69, 9.17) is 15.2 Å². The molecule has 0 fully saturated rings. The van der Waals surface area contributed by atoms with E-state index in [9.17, 15) is 13.6 Å². The minimum atomic E-state index is -0.592. The lowest BCUT2D eigenvalue weighted by molar-refractivity contribution is 0.0999. The Kier molecular flexibility index (Phi) is 6.63. The Morgan fingerprint density at radius 2 is 1.63 bits per heavy atom. The van der Waals surface area contributed by atoms with Crippen molar-refractivity contribution in [2.45, 2.75) is 12.8 Å². The van der Waals surface area contributed by atoms with Crippen LogP contribution in [0.15, 0.2) is 18.2 Å². The Hall–Kier alpha value is -1.85. The van der Waals surface area contributed by atoms with Gasteiger partial charge >= 0.3 is 0 Å². The van der Waals surface area contributed by atoms with Crippen molar-refractivity contribution >= 4 is 5.91 Å². The molecule has 0 saturated carbocycles. The number of halogens is 2. The molecule has 0 atom stereocenters. The van der Waals surface area contributed by atoms with E-state index in [1.165, 1.54) is 18.2 Å². The molecule has 0 bridgehead atoms. The molecule has 0 spiro atoms. The third-order valence-corrected chi connectivity index (χ3v) is 2.30. The topological polar surface area (TPSA) is 61.6 Å². The first-order valence-electron chi connectivity index (χ1n) is 6.00. The Balaban J connectivity index is 2.78. The molecule has 0 aliphatic rings. The van der Waals surface area contributed by atoms with Crippen LogP contribution >= 0.6 is 0 Å². The smallest absolute Gasteiger partial charge is 0.248 e. The quantitative estimate of drug-likeness (QED) is 0.702. The maximum atomic E-state index is 12.0. The van der Waals surface area contributed by atoms with Crippen LogP contribution in [0.25, 0.3) is 0 Å². The van der Waals surface area contributed by atoms with Crippen molar-refractivity contribution in [1.82, 2.24) is 0 Å². The first-order valence-corrected chi connectivity index (χ1v) is 6.00. The maximum absolute atomic E-state index is 12.0. The standard InChI is InChI=1S/C13H17F2NO3/c14-5-1-7-18-11-4-3-10(13(16)17)9-12(11)19-8-2-6-15/h3-4,9H,1-2,5-8H2,(H2,16,17). The zero-order valence-electron chi connectivity index (χ0n) is 10.5. The summed E-state index contributed by atoms with van der Waals surface area (Å²) in [6.45, 7) is -0.602. The van der Waals surface area contributed by atoms with Gasteiger partial charge in [0.25, 0.3) is 0 Å². The first-order chi connectivity index (χ1) is 9.19. The molecule has 1 aromatic carbocycles. The lowest BCUT2D eigenvalue weighted by atomic mass is 10.2. The lowest BCUT2D eigenvalue weighted by Gasteiger charge is -2.13. The third-order valence-electron chi connectivity index (χ3n) is 2.30. The highest BCUT2D eigenvalue weighted by Gasteiger charge is 2.09. The Labute approximate surface area is 110 Å². The van der Waals surface area contributed by atoms with Crippen molar-refractivity contribution in [3.05, 3.63) is 23.8 Å². The van der Waals surface area contributed by atoms with Crippen molar-refractivity contribution in [1.29, 1.82) is 0 Å². The fourth-order valence-electron chi connectivity index (χ4n) is 1.37. The largest absolute Gasteiger partial charge is 0.490 e. The van der Waals surface area contributed by atoms with Gasteiger partial charge in [0.1, 0.15) is 0 Å². The van der Waals surface area contributed by atoms with E-state index >= 15 is 0 Å². The van der Waals surface area contributed by atoms with E-state index in [1.807, 2.05) is 0 Å². The maximum Gasteiger partial charge on any atom is 0.248 e. The average Bonchev–Trinajstić information content (AvgIpc) is 2.40. The predicted molar refractivity (Wildman–Crippen MR) is 67.1 cm³/mol. The van der Waals surface area contributed by atoms with Crippen LogP contribution < -0.4 is 15.2 Å². The SMILES string of the molecule is NC(=O)c1ccc(OCCCF)c(OCCCF)c1. The molecule has 0 heterocycles. The molecule has 106 valence electrons. The number of primary amides is 1. The summed E-state index contributed by atoms with van der Waals surface area (Å²) in [5.41, 5.74) is 5.44. The number of carbonyl (C=O) groups is 1. The van der Waals surface area contributed by atoms with Gasteiger partial charge < -0.3 is 15.2 Å². The van der Waals surface area contributed by atoms with Crippen LogP contribution in [0.4, 0.5) is 8.78 Å². The fourth-order valence-corrected chi connectivity index (χ4v) is 1.37. The minimum Gasteiger partial charge on any atom is -0.490 e. The summed E-state index contributed by atoms with van der Waals surface area (Å²) in [6.07, 6.45) is 0.506. The molecule has 1 rings (SSSR count). The Morgan fingerprint density at radius 1 is 1.05 bits per heavy atom. The number of rotatable bonds is 9. The molecule has 0 aliphatic carbocycles. The zero-order valence-corrected chi connectivity index (χ0v) is 10.5. The van der Waals surface area contributed by atoms with Crippen LogP contribution in [0.5, 0.6) is 11.5 Å². The summed E-state index contributed by atoms with van der Waals surface area (Å²) in [6, 6.07) is 4.46. The third kappa shape index (κ3) is 5.11. The van der Waals surface area contributed by atoms with Crippen molar-refractivity contribution in [3.63, 3.8) is 0 Å². The minimum absolute atomic E-state index is 0.165. The second-order valence-electron chi connectivity index (χ2n) is 3.81. The number of carbonyl (C=O) groups excluding carboxylic acids is 1. The van der Waals surface area contributed by atoms with Crippen LogP contribution in [0.3, 0.4) is 0 Å². The number of hydrogen-bond acceptors (Lipinski definition) is 3. The molecule has 1 amide bonds. The summed E-state index contributed by atoms with van der Waals surface area (Å²) in [7, 11) is 0.